The number of anilines is 1. The van der Waals surface area contributed by atoms with E-state index in [4.69, 9.17) is 9.47 Å². The Hall–Kier alpha value is -3.20. The highest BCUT2D eigenvalue weighted by molar-refractivity contribution is 7.17. The van der Waals surface area contributed by atoms with E-state index in [2.05, 4.69) is 10.3 Å². The normalized spacial score (nSPS) is 11.8. The third-order valence-corrected chi connectivity index (χ3v) is 5.60. The van der Waals surface area contributed by atoms with E-state index < -0.39 is 23.5 Å². The number of aromatic nitrogens is 2. The minimum atomic E-state index is -0.858. The Labute approximate surface area is 183 Å². The van der Waals surface area contributed by atoms with Crippen molar-refractivity contribution >= 4 is 39.1 Å². The van der Waals surface area contributed by atoms with Gasteiger partial charge in [0.15, 0.2) is 0 Å². The average Bonchev–Trinajstić information content (AvgIpc) is 3.20. The van der Waals surface area contributed by atoms with Crippen molar-refractivity contribution in [3.05, 3.63) is 51.9 Å². The van der Waals surface area contributed by atoms with Crippen molar-refractivity contribution in [2.45, 2.75) is 39.7 Å². The van der Waals surface area contributed by atoms with Gasteiger partial charge in [0.05, 0.1) is 36.2 Å². The van der Waals surface area contributed by atoms with Gasteiger partial charge in [-0.15, -0.1) is 11.3 Å². The number of carbonyl (C=O) groups is 2. The number of rotatable bonds is 9. The van der Waals surface area contributed by atoms with Crippen LogP contribution in [0.15, 0.2) is 40.8 Å². The standard InChI is InChI=1S/C22H25N3O5S/c1-4-6-11-30-22(28)15-12-31-20-18(15)21(27)25(13-23-20)14(3)19(26)24-16-9-7-8-10-17(16)29-5-2/h7-10,12-14H,4-6,11H2,1-3H3,(H,24,26). The molecule has 8 nitrogen and oxygen atoms in total. The molecule has 164 valence electrons. The molecule has 0 fully saturated rings. The first-order valence-corrected chi connectivity index (χ1v) is 11.0. The van der Waals surface area contributed by atoms with Crippen LogP contribution in [0.5, 0.6) is 5.75 Å². The van der Waals surface area contributed by atoms with Gasteiger partial charge in [-0.3, -0.25) is 14.2 Å². The minimum absolute atomic E-state index is 0.170. The lowest BCUT2D eigenvalue weighted by Gasteiger charge is -2.16. The Kier molecular flexibility index (Phi) is 7.41. The second-order valence-corrected chi connectivity index (χ2v) is 7.73. The van der Waals surface area contributed by atoms with Crippen LogP contribution in [-0.4, -0.2) is 34.6 Å². The average molecular weight is 444 g/mol. The lowest BCUT2D eigenvalue weighted by molar-refractivity contribution is -0.118. The number of nitrogens with one attached hydrogen (secondary N) is 1. The maximum absolute atomic E-state index is 13.1. The van der Waals surface area contributed by atoms with E-state index >= 15 is 0 Å². The summed E-state index contributed by atoms with van der Waals surface area (Å²) in [5.74, 6) is -0.418. The van der Waals surface area contributed by atoms with E-state index in [1.165, 1.54) is 22.2 Å². The number of esters is 1. The molecule has 0 aliphatic carbocycles. The van der Waals surface area contributed by atoms with Crippen molar-refractivity contribution in [1.82, 2.24) is 9.55 Å². The molecule has 1 unspecified atom stereocenters. The number of unbranched alkanes of at least 4 members (excludes halogenated alkanes) is 1. The number of ether oxygens (including phenoxy) is 2. The molecule has 0 radical (unpaired) electrons. The molecule has 1 N–H and O–H groups in total. The van der Waals surface area contributed by atoms with E-state index in [9.17, 15) is 14.4 Å². The molecule has 0 bridgehead atoms. The van der Waals surface area contributed by atoms with Crippen molar-refractivity contribution in [3.8, 4) is 5.75 Å². The molecule has 3 aromatic rings. The van der Waals surface area contributed by atoms with Gasteiger partial charge in [0.1, 0.15) is 16.6 Å². The Balaban J connectivity index is 1.88. The summed E-state index contributed by atoms with van der Waals surface area (Å²) in [6, 6.07) is 6.21. The number of nitrogens with zero attached hydrogens (tertiary/aromatic N) is 2. The summed E-state index contributed by atoms with van der Waals surface area (Å²) in [5.41, 5.74) is 0.227. The van der Waals surface area contributed by atoms with Crippen LogP contribution in [0.2, 0.25) is 0 Å². The predicted octanol–water partition coefficient (Wildman–Crippen LogP) is 4.01. The van der Waals surface area contributed by atoms with Crippen molar-refractivity contribution in [2.75, 3.05) is 18.5 Å². The van der Waals surface area contributed by atoms with Crippen LogP contribution in [0.25, 0.3) is 10.2 Å². The molecule has 0 spiro atoms. The summed E-state index contributed by atoms with van der Waals surface area (Å²) < 4.78 is 12.0. The Bertz CT molecular complexity index is 1140. The molecule has 2 heterocycles. The zero-order chi connectivity index (χ0) is 22.4. The molecule has 3 rings (SSSR count). The summed E-state index contributed by atoms with van der Waals surface area (Å²) in [6.45, 7) is 6.19. The summed E-state index contributed by atoms with van der Waals surface area (Å²) in [5, 5.41) is 4.53. The molecule has 0 aliphatic heterocycles. The molecular weight excluding hydrogens is 418 g/mol. The quantitative estimate of drug-likeness (QED) is 0.396. The number of hydrogen-bond acceptors (Lipinski definition) is 7. The first-order valence-electron chi connectivity index (χ1n) is 10.2. The van der Waals surface area contributed by atoms with E-state index in [0.29, 0.717) is 29.5 Å². The molecular formula is C22H25N3O5S. The second kappa shape index (κ2) is 10.2. The Morgan fingerprint density at radius 2 is 2.03 bits per heavy atom. The van der Waals surface area contributed by atoms with Gasteiger partial charge >= 0.3 is 5.97 Å². The molecule has 0 saturated heterocycles. The molecule has 0 saturated carbocycles. The zero-order valence-electron chi connectivity index (χ0n) is 17.7. The number of fused-ring (bicyclic) bond motifs is 1. The fourth-order valence-electron chi connectivity index (χ4n) is 2.97. The van der Waals surface area contributed by atoms with Crippen LogP contribution >= 0.6 is 11.3 Å². The van der Waals surface area contributed by atoms with E-state index in [0.717, 1.165) is 12.8 Å². The van der Waals surface area contributed by atoms with E-state index in [-0.39, 0.29) is 10.9 Å². The number of benzene rings is 1. The molecule has 31 heavy (non-hydrogen) atoms. The van der Waals surface area contributed by atoms with Gasteiger partial charge in [-0.1, -0.05) is 25.5 Å². The van der Waals surface area contributed by atoms with E-state index in [1.807, 2.05) is 19.9 Å². The SMILES string of the molecule is CCCCOC(=O)c1csc2ncn(C(C)C(=O)Nc3ccccc3OCC)c(=O)c12. The van der Waals surface area contributed by atoms with Crippen LogP contribution in [0, 0.1) is 0 Å². The first-order chi connectivity index (χ1) is 15.0. The number of hydrogen-bond donors (Lipinski definition) is 1. The highest BCUT2D eigenvalue weighted by Crippen LogP contribution is 2.25. The minimum Gasteiger partial charge on any atom is -0.492 e. The van der Waals surface area contributed by atoms with Crippen LogP contribution in [-0.2, 0) is 9.53 Å². The molecule has 9 heteroatoms. The smallest absolute Gasteiger partial charge is 0.339 e. The molecule has 2 aromatic heterocycles. The largest absolute Gasteiger partial charge is 0.492 e. The third kappa shape index (κ3) is 4.93. The summed E-state index contributed by atoms with van der Waals surface area (Å²) in [7, 11) is 0. The number of para-hydroxylation sites is 2. The molecule has 1 atom stereocenters. The highest BCUT2D eigenvalue weighted by atomic mass is 32.1. The predicted molar refractivity (Wildman–Crippen MR) is 120 cm³/mol. The van der Waals surface area contributed by atoms with Gasteiger partial charge in [0.25, 0.3) is 5.56 Å². The van der Waals surface area contributed by atoms with Gasteiger partial charge in [0, 0.05) is 5.38 Å². The fourth-order valence-corrected chi connectivity index (χ4v) is 3.84. The Morgan fingerprint density at radius 3 is 2.77 bits per heavy atom. The van der Waals surface area contributed by atoms with Crippen molar-refractivity contribution in [3.63, 3.8) is 0 Å². The van der Waals surface area contributed by atoms with Gasteiger partial charge < -0.3 is 14.8 Å². The summed E-state index contributed by atoms with van der Waals surface area (Å²) in [6.07, 6.45) is 2.97. The molecule has 1 aromatic carbocycles. The second-order valence-electron chi connectivity index (χ2n) is 6.87. The molecule has 1 amide bonds. The Morgan fingerprint density at radius 1 is 1.26 bits per heavy atom. The van der Waals surface area contributed by atoms with Crippen molar-refractivity contribution in [2.24, 2.45) is 0 Å². The topological polar surface area (TPSA) is 99.5 Å². The van der Waals surface area contributed by atoms with Crippen molar-refractivity contribution in [1.29, 1.82) is 0 Å². The highest BCUT2D eigenvalue weighted by Gasteiger charge is 2.23. The fraction of sp³-hybridized carbons (Fsp3) is 0.364. The first kappa shape index (κ1) is 22.5. The number of amides is 1. The third-order valence-electron chi connectivity index (χ3n) is 4.71. The lowest BCUT2D eigenvalue weighted by atomic mass is 10.2. The molecule has 0 aliphatic rings. The monoisotopic (exact) mass is 443 g/mol. The van der Waals surface area contributed by atoms with Crippen LogP contribution < -0.4 is 15.6 Å². The van der Waals surface area contributed by atoms with Gasteiger partial charge in [-0.25, -0.2) is 9.78 Å². The number of thiophene rings is 1. The van der Waals surface area contributed by atoms with Crippen LogP contribution in [0.4, 0.5) is 5.69 Å². The van der Waals surface area contributed by atoms with Crippen molar-refractivity contribution < 1.29 is 19.1 Å². The van der Waals surface area contributed by atoms with Gasteiger partial charge in [-0.2, -0.15) is 0 Å². The maximum atomic E-state index is 13.1. The lowest BCUT2D eigenvalue weighted by Crippen LogP contribution is -2.32. The van der Waals surface area contributed by atoms with Crippen LogP contribution in [0.1, 0.15) is 50.0 Å². The summed E-state index contributed by atoms with van der Waals surface area (Å²) >= 11 is 1.19. The van der Waals surface area contributed by atoms with E-state index in [1.54, 1.807) is 30.5 Å². The summed E-state index contributed by atoms with van der Waals surface area (Å²) in [4.78, 5) is 43.1. The van der Waals surface area contributed by atoms with Crippen LogP contribution in [0.3, 0.4) is 0 Å². The number of carbonyl (C=O) groups excluding carboxylic acids is 2. The maximum Gasteiger partial charge on any atom is 0.339 e. The zero-order valence-corrected chi connectivity index (χ0v) is 18.5. The van der Waals surface area contributed by atoms with Gasteiger partial charge in [-0.05, 0) is 32.4 Å². The van der Waals surface area contributed by atoms with Gasteiger partial charge in [0.2, 0.25) is 5.91 Å².